The summed E-state index contributed by atoms with van der Waals surface area (Å²) in [7, 11) is 0. The number of hydrogen-bond donors (Lipinski definition) is 3. The minimum Gasteiger partial charge on any atom is -0.634 e. The molecule has 0 aliphatic carbocycles. The van der Waals surface area contributed by atoms with E-state index in [9.17, 15) is 14.8 Å². The Hall–Kier alpha value is -1.92. The number of carboxylic acids is 2. The number of nitrogens with one attached hydrogen (secondary N) is 1. The van der Waals surface area contributed by atoms with Crippen molar-refractivity contribution in [2.24, 2.45) is 0 Å². The van der Waals surface area contributed by atoms with Crippen molar-refractivity contribution in [3.63, 3.8) is 0 Å². The SMILES string of the molecule is Cc1c(C(=O)O)cccc1C(=O)O.[O-][NH+]1CCCCC1. The Labute approximate surface area is 117 Å². The van der Waals surface area contributed by atoms with Crippen molar-refractivity contribution in [2.45, 2.75) is 26.2 Å². The number of carbonyl (C=O) groups is 2. The van der Waals surface area contributed by atoms with Crippen molar-refractivity contribution < 1.29 is 24.9 Å². The van der Waals surface area contributed by atoms with Crippen LogP contribution in [0.15, 0.2) is 18.2 Å². The van der Waals surface area contributed by atoms with Gasteiger partial charge in [-0.15, -0.1) is 0 Å². The summed E-state index contributed by atoms with van der Waals surface area (Å²) in [5.74, 6) is -2.22. The third-order valence-electron chi connectivity index (χ3n) is 3.21. The first-order chi connectivity index (χ1) is 9.43. The molecule has 6 nitrogen and oxygen atoms in total. The molecular formula is C14H19NO5. The molecule has 1 aromatic carbocycles. The maximum atomic E-state index is 10.6. The zero-order valence-electron chi connectivity index (χ0n) is 11.4. The normalized spacial score (nSPS) is 15.1. The lowest BCUT2D eigenvalue weighted by Crippen LogP contribution is -3.07. The molecule has 1 fully saturated rings. The van der Waals surface area contributed by atoms with Crippen LogP contribution in [0.5, 0.6) is 0 Å². The molecule has 1 aromatic rings. The Balaban J connectivity index is 0.000000240. The molecule has 1 saturated heterocycles. The number of quaternary nitrogens is 1. The van der Waals surface area contributed by atoms with Crippen LogP contribution >= 0.6 is 0 Å². The van der Waals surface area contributed by atoms with E-state index < -0.39 is 11.9 Å². The van der Waals surface area contributed by atoms with E-state index in [1.54, 1.807) is 0 Å². The molecule has 0 bridgehead atoms. The van der Waals surface area contributed by atoms with Gasteiger partial charge < -0.3 is 20.5 Å². The van der Waals surface area contributed by atoms with Gasteiger partial charge in [-0.2, -0.15) is 0 Å². The van der Waals surface area contributed by atoms with Crippen molar-refractivity contribution >= 4 is 11.9 Å². The highest BCUT2D eigenvalue weighted by Gasteiger charge is 2.13. The van der Waals surface area contributed by atoms with Crippen LogP contribution in [0, 0.1) is 12.1 Å². The van der Waals surface area contributed by atoms with Crippen molar-refractivity contribution in [3.05, 3.63) is 40.1 Å². The maximum Gasteiger partial charge on any atom is 0.335 e. The highest BCUT2D eigenvalue weighted by molar-refractivity contribution is 5.96. The van der Waals surface area contributed by atoms with Crippen LogP contribution in [0.3, 0.4) is 0 Å². The Morgan fingerprint density at radius 1 is 1.05 bits per heavy atom. The van der Waals surface area contributed by atoms with Crippen molar-refractivity contribution in [1.29, 1.82) is 0 Å². The molecule has 110 valence electrons. The van der Waals surface area contributed by atoms with E-state index >= 15 is 0 Å². The molecule has 1 aliphatic heterocycles. The monoisotopic (exact) mass is 281 g/mol. The summed E-state index contributed by atoms with van der Waals surface area (Å²) in [5, 5.41) is 28.3. The van der Waals surface area contributed by atoms with Gasteiger partial charge in [0.25, 0.3) is 0 Å². The average molecular weight is 281 g/mol. The summed E-state index contributed by atoms with van der Waals surface area (Å²) < 4.78 is 0. The smallest absolute Gasteiger partial charge is 0.335 e. The van der Waals surface area contributed by atoms with Gasteiger partial charge in [-0.25, -0.2) is 9.59 Å². The van der Waals surface area contributed by atoms with Gasteiger partial charge in [0.15, 0.2) is 0 Å². The van der Waals surface area contributed by atoms with E-state index in [1.807, 2.05) is 0 Å². The molecule has 0 amide bonds. The topological polar surface area (TPSA) is 102 Å². The van der Waals surface area contributed by atoms with Gasteiger partial charge in [0.05, 0.1) is 24.2 Å². The van der Waals surface area contributed by atoms with Crippen LogP contribution in [-0.2, 0) is 0 Å². The third-order valence-corrected chi connectivity index (χ3v) is 3.21. The lowest BCUT2D eigenvalue weighted by molar-refractivity contribution is -0.853. The van der Waals surface area contributed by atoms with E-state index in [0.29, 0.717) is 5.06 Å². The molecule has 0 spiro atoms. The number of benzene rings is 1. The van der Waals surface area contributed by atoms with Gasteiger partial charge >= 0.3 is 11.9 Å². The van der Waals surface area contributed by atoms with Crippen LogP contribution in [-0.4, -0.2) is 35.2 Å². The zero-order valence-corrected chi connectivity index (χ0v) is 11.4. The van der Waals surface area contributed by atoms with Gasteiger partial charge in [0, 0.05) is 0 Å². The van der Waals surface area contributed by atoms with Crippen molar-refractivity contribution in [2.75, 3.05) is 13.1 Å². The van der Waals surface area contributed by atoms with Crippen LogP contribution in [0.25, 0.3) is 0 Å². The molecule has 0 radical (unpaired) electrons. The second-order valence-electron chi connectivity index (χ2n) is 4.69. The minimum atomic E-state index is -1.11. The van der Waals surface area contributed by atoms with E-state index in [-0.39, 0.29) is 16.7 Å². The van der Waals surface area contributed by atoms with E-state index in [2.05, 4.69) is 0 Å². The van der Waals surface area contributed by atoms with Crippen LogP contribution in [0.1, 0.15) is 45.5 Å². The van der Waals surface area contributed by atoms with Gasteiger partial charge in [0.2, 0.25) is 0 Å². The quantitative estimate of drug-likeness (QED) is 0.700. The molecule has 6 heteroatoms. The number of carboxylic acid groups (broad SMARTS) is 2. The van der Waals surface area contributed by atoms with E-state index in [4.69, 9.17) is 10.2 Å². The predicted molar refractivity (Wildman–Crippen MR) is 73.0 cm³/mol. The second kappa shape index (κ2) is 7.62. The van der Waals surface area contributed by atoms with Gasteiger partial charge in [0.1, 0.15) is 0 Å². The van der Waals surface area contributed by atoms with Gasteiger partial charge in [-0.3, -0.25) is 0 Å². The molecule has 3 N–H and O–H groups in total. The lowest BCUT2D eigenvalue weighted by atomic mass is 10.0. The van der Waals surface area contributed by atoms with Gasteiger partial charge in [-0.05, 0) is 43.9 Å². The van der Waals surface area contributed by atoms with Gasteiger partial charge in [-0.1, -0.05) is 6.07 Å². The average Bonchev–Trinajstić information content (AvgIpc) is 2.40. The number of hydrogen-bond acceptors (Lipinski definition) is 3. The maximum absolute atomic E-state index is 10.6. The van der Waals surface area contributed by atoms with Crippen LogP contribution < -0.4 is 5.06 Å². The molecule has 1 heterocycles. The molecule has 1 aliphatic rings. The molecule has 0 atom stereocenters. The number of rotatable bonds is 2. The minimum absolute atomic E-state index is 0.0277. The Morgan fingerprint density at radius 2 is 1.50 bits per heavy atom. The summed E-state index contributed by atoms with van der Waals surface area (Å²) in [5.41, 5.74) is 0.335. The molecular weight excluding hydrogens is 262 g/mol. The number of hydroxylamine groups is 2. The van der Waals surface area contributed by atoms with Crippen molar-refractivity contribution in [3.8, 4) is 0 Å². The largest absolute Gasteiger partial charge is 0.634 e. The highest BCUT2D eigenvalue weighted by atomic mass is 16.5. The summed E-state index contributed by atoms with van der Waals surface area (Å²) >= 11 is 0. The predicted octanol–water partition coefficient (Wildman–Crippen LogP) is 0.944. The summed E-state index contributed by atoms with van der Waals surface area (Å²) in [6.07, 6.45) is 3.55. The summed E-state index contributed by atoms with van der Waals surface area (Å²) in [6.45, 7) is 3.17. The fraction of sp³-hybridized carbons (Fsp3) is 0.429. The fourth-order valence-corrected chi connectivity index (χ4v) is 2.05. The van der Waals surface area contributed by atoms with Crippen molar-refractivity contribution in [1.82, 2.24) is 0 Å². The molecule has 0 aromatic heterocycles. The third kappa shape index (κ3) is 4.64. The number of aromatic carboxylic acids is 2. The molecule has 2 rings (SSSR count). The second-order valence-corrected chi connectivity index (χ2v) is 4.69. The lowest BCUT2D eigenvalue weighted by Gasteiger charge is -2.25. The summed E-state index contributed by atoms with van der Waals surface area (Å²) in [4.78, 5) is 21.2. The van der Waals surface area contributed by atoms with Crippen LogP contribution in [0.2, 0.25) is 0 Å². The Morgan fingerprint density at radius 3 is 1.80 bits per heavy atom. The molecule has 20 heavy (non-hydrogen) atoms. The van der Waals surface area contributed by atoms with Crippen LogP contribution in [0.4, 0.5) is 0 Å². The first-order valence-electron chi connectivity index (χ1n) is 6.51. The van der Waals surface area contributed by atoms with E-state index in [0.717, 1.165) is 25.9 Å². The van der Waals surface area contributed by atoms with E-state index in [1.165, 1.54) is 31.5 Å². The Kier molecular flexibility index (Phi) is 6.14. The standard InChI is InChI=1S/C9H8O4.C5H11NO/c1-5-6(8(10)11)3-2-4-7(5)9(12)13;7-6-4-2-1-3-5-6/h2-4H,1H3,(H,10,11)(H,12,13);6H,1-5H2. The summed E-state index contributed by atoms with van der Waals surface area (Å²) in [6, 6.07) is 4.17. The fourth-order valence-electron chi connectivity index (χ4n) is 2.05. The first kappa shape index (κ1) is 16.1. The number of piperidine rings is 1. The first-order valence-corrected chi connectivity index (χ1v) is 6.51. The molecule has 0 unspecified atom stereocenters. The Bertz CT molecular complexity index is 448. The molecule has 0 saturated carbocycles. The zero-order chi connectivity index (χ0) is 15.1. The highest BCUT2D eigenvalue weighted by Crippen LogP contribution is 2.13.